The molecule has 152 valence electrons. The normalized spacial score (nSPS) is 11.9. The van der Waals surface area contributed by atoms with E-state index >= 15 is 0 Å². The van der Waals surface area contributed by atoms with Gasteiger partial charge in [0.1, 0.15) is 11.6 Å². The van der Waals surface area contributed by atoms with Gasteiger partial charge in [0, 0.05) is 12.7 Å². The second-order valence-electron chi connectivity index (χ2n) is 6.50. The fraction of sp³-hybridized carbons (Fsp3) is 0.286. The highest BCUT2D eigenvalue weighted by molar-refractivity contribution is 7.99. The summed E-state index contributed by atoms with van der Waals surface area (Å²) in [5.41, 5.74) is 1.67. The van der Waals surface area contributed by atoms with Crippen LogP contribution >= 0.6 is 11.8 Å². The summed E-state index contributed by atoms with van der Waals surface area (Å²) in [7, 11) is 1.84. The van der Waals surface area contributed by atoms with Gasteiger partial charge < -0.3 is 14.6 Å². The third kappa shape index (κ3) is 5.57. The van der Waals surface area contributed by atoms with Crippen molar-refractivity contribution in [3.63, 3.8) is 0 Å². The second kappa shape index (κ2) is 9.56. The van der Waals surface area contributed by atoms with Crippen LogP contribution in [-0.2, 0) is 18.3 Å². The molecule has 1 heterocycles. The van der Waals surface area contributed by atoms with Crippen LogP contribution in [0.15, 0.2) is 53.7 Å². The van der Waals surface area contributed by atoms with Crippen molar-refractivity contribution in [1.82, 2.24) is 14.8 Å². The van der Waals surface area contributed by atoms with Crippen LogP contribution in [0.3, 0.4) is 0 Å². The number of amides is 1. The van der Waals surface area contributed by atoms with Crippen molar-refractivity contribution >= 4 is 23.4 Å². The molecule has 1 aromatic heterocycles. The molecule has 0 aliphatic carbocycles. The Morgan fingerprint density at radius 2 is 2.00 bits per heavy atom. The van der Waals surface area contributed by atoms with Gasteiger partial charge in [-0.05, 0) is 49.2 Å². The molecule has 0 spiro atoms. The molecule has 3 rings (SSSR count). The van der Waals surface area contributed by atoms with Gasteiger partial charge in [0.05, 0.1) is 5.75 Å². The minimum atomic E-state index is -0.397. The first-order valence-electron chi connectivity index (χ1n) is 9.29. The number of carbonyl (C=O) groups excluding carboxylic acids is 1. The number of carbonyl (C=O) groups is 1. The Bertz CT molecular complexity index is 975. The zero-order valence-corrected chi connectivity index (χ0v) is 17.4. The van der Waals surface area contributed by atoms with Crippen LogP contribution < -0.4 is 10.1 Å². The number of nitrogens with one attached hydrogen (secondary N) is 1. The number of aromatic nitrogens is 3. The number of benzene rings is 2. The Kier molecular flexibility index (Phi) is 6.87. The van der Waals surface area contributed by atoms with Gasteiger partial charge in [0.15, 0.2) is 17.1 Å². The number of hydrogen-bond donors (Lipinski definition) is 1. The first kappa shape index (κ1) is 20.9. The molecule has 3 aromatic rings. The Morgan fingerprint density at radius 1 is 1.24 bits per heavy atom. The highest BCUT2D eigenvalue weighted by Crippen LogP contribution is 2.24. The molecular weight excluding hydrogens is 391 g/mol. The van der Waals surface area contributed by atoms with Crippen LogP contribution in [-0.4, -0.2) is 26.4 Å². The van der Waals surface area contributed by atoms with Gasteiger partial charge in [-0.15, -0.1) is 10.2 Å². The van der Waals surface area contributed by atoms with E-state index in [0.717, 1.165) is 12.2 Å². The van der Waals surface area contributed by atoms with Crippen LogP contribution in [0.1, 0.15) is 31.3 Å². The molecule has 0 aliphatic heterocycles. The van der Waals surface area contributed by atoms with Crippen molar-refractivity contribution in [2.45, 2.75) is 31.5 Å². The second-order valence-corrected chi connectivity index (χ2v) is 7.45. The maximum Gasteiger partial charge on any atom is 0.234 e. The summed E-state index contributed by atoms with van der Waals surface area (Å²) in [6.07, 6.45) is 0.683. The van der Waals surface area contributed by atoms with E-state index in [1.807, 2.05) is 42.8 Å². The molecule has 0 saturated carbocycles. The lowest BCUT2D eigenvalue weighted by atomic mass is 10.2. The van der Waals surface area contributed by atoms with E-state index in [-0.39, 0.29) is 17.8 Å². The fourth-order valence-corrected chi connectivity index (χ4v) is 3.48. The number of rotatable bonds is 8. The Morgan fingerprint density at radius 3 is 2.69 bits per heavy atom. The molecule has 29 heavy (non-hydrogen) atoms. The number of ether oxygens (including phenoxy) is 1. The molecule has 2 aromatic carbocycles. The maximum absolute atomic E-state index is 13.2. The van der Waals surface area contributed by atoms with Crippen molar-refractivity contribution in [2.24, 2.45) is 7.05 Å². The van der Waals surface area contributed by atoms with Crippen LogP contribution in [0.5, 0.6) is 5.75 Å². The highest BCUT2D eigenvalue weighted by Gasteiger charge is 2.18. The molecular formula is C21H23FN4O2S. The summed E-state index contributed by atoms with van der Waals surface area (Å²) in [5.74, 6) is 0.923. The number of nitrogens with zero attached hydrogens (tertiary/aromatic N) is 3. The van der Waals surface area contributed by atoms with Crippen LogP contribution in [0.2, 0.25) is 0 Å². The van der Waals surface area contributed by atoms with Gasteiger partial charge in [-0.1, -0.05) is 36.9 Å². The predicted molar refractivity (Wildman–Crippen MR) is 112 cm³/mol. The summed E-state index contributed by atoms with van der Waals surface area (Å²) < 4.78 is 21.0. The minimum Gasteiger partial charge on any atom is -0.483 e. The van der Waals surface area contributed by atoms with Gasteiger partial charge in [0.25, 0.3) is 0 Å². The van der Waals surface area contributed by atoms with E-state index < -0.39 is 5.82 Å². The SMILES string of the molecule is CCc1ccc(OC(C)c2nnc(SCC(=O)Nc3cccc(F)c3)n2C)cc1. The lowest BCUT2D eigenvalue weighted by Gasteiger charge is -2.14. The van der Waals surface area contributed by atoms with Gasteiger partial charge in [-0.3, -0.25) is 4.79 Å². The van der Waals surface area contributed by atoms with Gasteiger partial charge in [0.2, 0.25) is 5.91 Å². The van der Waals surface area contributed by atoms with E-state index in [1.165, 1.54) is 29.5 Å². The molecule has 0 aliphatic rings. The quantitative estimate of drug-likeness (QED) is 0.554. The smallest absolute Gasteiger partial charge is 0.234 e. The van der Waals surface area contributed by atoms with E-state index in [4.69, 9.17) is 4.74 Å². The lowest BCUT2D eigenvalue weighted by molar-refractivity contribution is -0.113. The summed E-state index contributed by atoms with van der Waals surface area (Å²) >= 11 is 1.26. The Hall–Kier alpha value is -2.87. The Labute approximate surface area is 173 Å². The standard InChI is InChI=1S/C21H23FN4O2S/c1-4-15-8-10-18(11-9-15)28-14(2)20-24-25-21(26(20)3)29-13-19(27)23-17-7-5-6-16(22)12-17/h5-12,14H,4,13H2,1-3H3,(H,23,27). The van der Waals surface area contributed by atoms with Gasteiger partial charge >= 0.3 is 0 Å². The molecule has 0 fully saturated rings. The summed E-state index contributed by atoms with van der Waals surface area (Å²) in [6, 6.07) is 13.7. The molecule has 1 unspecified atom stereocenters. The first-order chi connectivity index (χ1) is 14.0. The fourth-order valence-electron chi connectivity index (χ4n) is 2.76. The van der Waals surface area contributed by atoms with E-state index in [2.05, 4.69) is 22.4 Å². The number of hydrogen-bond acceptors (Lipinski definition) is 5. The monoisotopic (exact) mass is 414 g/mol. The molecule has 6 nitrogen and oxygen atoms in total. The summed E-state index contributed by atoms with van der Waals surface area (Å²) in [6.45, 7) is 4.01. The molecule has 1 N–H and O–H groups in total. The lowest BCUT2D eigenvalue weighted by Crippen LogP contribution is -2.15. The molecule has 0 radical (unpaired) electrons. The van der Waals surface area contributed by atoms with Crippen molar-refractivity contribution in [3.8, 4) is 5.75 Å². The maximum atomic E-state index is 13.2. The van der Waals surface area contributed by atoms with Crippen molar-refractivity contribution in [1.29, 1.82) is 0 Å². The predicted octanol–water partition coefficient (Wildman–Crippen LogP) is 4.39. The number of anilines is 1. The van der Waals surface area contributed by atoms with E-state index in [1.54, 1.807) is 12.1 Å². The van der Waals surface area contributed by atoms with Crippen molar-refractivity contribution in [3.05, 3.63) is 65.7 Å². The third-order valence-electron chi connectivity index (χ3n) is 4.32. The molecule has 8 heteroatoms. The van der Waals surface area contributed by atoms with Crippen molar-refractivity contribution in [2.75, 3.05) is 11.1 Å². The average molecular weight is 415 g/mol. The van der Waals surface area contributed by atoms with Crippen molar-refractivity contribution < 1.29 is 13.9 Å². The molecule has 1 atom stereocenters. The number of thioether (sulfide) groups is 1. The molecule has 1 amide bonds. The summed E-state index contributed by atoms with van der Waals surface area (Å²) in [4.78, 5) is 12.1. The highest BCUT2D eigenvalue weighted by atomic mass is 32.2. The minimum absolute atomic E-state index is 0.135. The average Bonchev–Trinajstić information content (AvgIpc) is 3.07. The number of halogens is 1. The number of aryl methyl sites for hydroxylation is 1. The molecule has 0 bridgehead atoms. The van der Waals surface area contributed by atoms with Gasteiger partial charge in [-0.25, -0.2) is 4.39 Å². The van der Waals surface area contributed by atoms with E-state index in [0.29, 0.717) is 16.7 Å². The van der Waals surface area contributed by atoms with Gasteiger partial charge in [-0.2, -0.15) is 0 Å². The van der Waals surface area contributed by atoms with Crippen LogP contribution in [0.25, 0.3) is 0 Å². The summed E-state index contributed by atoms with van der Waals surface area (Å²) in [5, 5.41) is 11.6. The largest absolute Gasteiger partial charge is 0.483 e. The first-order valence-corrected chi connectivity index (χ1v) is 10.3. The third-order valence-corrected chi connectivity index (χ3v) is 5.34. The van der Waals surface area contributed by atoms with Crippen LogP contribution in [0, 0.1) is 5.82 Å². The van der Waals surface area contributed by atoms with Crippen LogP contribution in [0.4, 0.5) is 10.1 Å². The molecule has 0 saturated heterocycles. The topological polar surface area (TPSA) is 69.0 Å². The zero-order chi connectivity index (χ0) is 20.8. The zero-order valence-electron chi connectivity index (χ0n) is 16.6. The van der Waals surface area contributed by atoms with E-state index in [9.17, 15) is 9.18 Å². The Balaban J connectivity index is 1.57.